The smallest absolute Gasteiger partial charge is 0.135 e. The average molecular weight is 845 g/mol. The van der Waals surface area contributed by atoms with Crippen molar-refractivity contribution in [2.75, 3.05) is 13.2 Å². The lowest BCUT2D eigenvalue weighted by Gasteiger charge is -2.27. The van der Waals surface area contributed by atoms with Crippen LogP contribution in [0.4, 0.5) is 0 Å². The number of benzene rings is 6. The Morgan fingerprint density at radius 3 is 1.05 bits per heavy atom. The van der Waals surface area contributed by atoms with E-state index in [1.807, 2.05) is 30.3 Å². The van der Waals surface area contributed by atoms with Crippen LogP contribution in [-0.4, -0.2) is 23.4 Å². The number of aryl methyl sites for hydroxylation is 3. The number of unbranched alkanes of at least 4 members (excludes halogenated alkanes) is 1. The Bertz CT molecular complexity index is 2370. The molecule has 6 aromatic rings. The van der Waals surface area contributed by atoms with Gasteiger partial charge in [-0.25, -0.2) is 0 Å². The van der Waals surface area contributed by atoms with Crippen LogP contribution in [0.15, 0.2) is 103 Å². The molecule has 0 aliphatic rings. The molecule has 0 aliphatic carbocycles. The van der Waals surface area contributed by atoms with Gasteiger partial charge in [-0.3, -0.25) is 0 Å². The van der Waals surface area contributed by atoms with E-state index >= 15 is 0 Å². The molecule has 0 saturated carbocycles. The summed E-state index contributed by atoms with van der Waals surface area (Å²) >= 11 is 0. The number of hydrogen-bond acceptors (Lipinski definition) is 4. The van der Waals surface area contributed by atoms with Gasteiger partial charge in [-0.05, 0) is 154 Å². The minimum atomic E-state index is -0.0894. The highest BCUT2D eigenvalue weighted by molar-refractivity contribution is 5.93. The van der Waals surface area contributed by atoms with Crippen molar-refractivity contribution in [3.05, 3.63) is 142 Å². The van der Waals surface area contributed by atoms with E-state index in [1.165, 1.54) is 22.3 Å². The van der Waals surface area contributed by atoms with Crippen molar-refractivity contribution in [3.63, 3.8) is 0 Å². The number of hydrogen-bond donors (Lipinski definition) is 2. The molecule has 6 rings (SSSR count). The first-order valence-corrected chi connectivity index (χ1v) is 22.8. The van der Waals surface area contributed by atoms with Crippen LogP contribution in [0.5, 0.6) is 23.0 Å². The predicted molar refractivity (Wildman–Crippen MR) is 267 cm³/mol. The van der Waals surface area contributed by atoms with Gasteiger partial charge in [0.15, 0.2) is 0 Å². The maximum atomic E-state index is 12.6. The molecule has 0 unspecified atom stereocenters. The number of rotatable bonds is 11. The molecule has 6 aromatic carbocycles. The Morgan fingerprint density at radius 2 is 0.698 bits per heavy atom. The van der Waals surface area contributed by atoms with E-state index < -0.39 is 0 Å². The molecule has 332 valence electrons. The summed E-state index contributed by atoms with van der Waals surface area (Å²) in [6.07, 6.45) is 1.55. The molecule has 0 bridgehead atoms. The van der Waals surface area contributed by atoms with Gasteiger partial charge in [-0.2, -0.15) is 0 Å². The highest BCUT2D eigenvalue weighted by Gasteiger charge is 2.27. The summed E-state index contributed by atoms with van der Waals surface area (Å²) in [5, 5.41) is 25.2. The predicted octanol–water partition coefficient (Wildman–Crippen LogP) is 16.1. The monoisotopic (exact) mass is 845 g/mol. The molecule has 0 aliphatic heterocycles. The van der Waals surface area contributed by atoms with Crippen LogP contribution < -0.4 is 9.47 Å². The van der Waals surface area contributed by atoms with E-state index in [2.05, 4.69) is 177 Å². The molecular weight excluding hydrogens is 773 g/mol. The standard InChI is InChI=1S/C59H72O4/c1-37-25-47(40-31-42(56(4,5)6)35-43(32-40)57(7,8)9)53(60)49(27-37)51-29-39(3)30-52(55(51)63-24-20-19-23-62-46-21-17-16-18-22-46)50-28-38(2)26-48(54(50)61)41-33-44(58(10,11)12)36-45(34-41)59(13,14)15/h16-18,21-22,25-36,60-61H,19-20,23-24H2,1-15H3. The average Bonchev–Trinajstić information content (AvgIpc) is 3.19. The third-order valence-corrected chi connectivity index (χ3v) is 12.1. The van der Waals surface area contributed by atoms with E-state index in [1.54, 1.807) is 0 Å². The van der Waals surface area contributed by atoms with Crippen LogP contribution in [0.1, 0.15) is 135 Å². The van der Waals surface area contributed by atoms with E-state index in [-0.39, 0.29) is 33.2 Å². The SMILES string of the molecule is Cc1cc(-c2cc(C(C)(C)C)cc(C(C)(C)C)c2)c(O)c(-c2cc(C)cc(-c3cc(C)cc(-c4cc(C(C)(C)C)cc(C(C)(C)C)c4)c3O)c2OCCCCOc2ccccc2)c1. The maximum Gasteiger partial charge on any atom is 0.135 e. The number of ether oxygens (including phenoxy) is 2. The summed E-state index contributed by atoms with van der Waals surface area (Å²) in [5.41, 5.74) is 14.0. The topological polar surface area (TPSA) is 58.9 Å². The van der Waals surface area contributed by atoms with Crippen LogP contribution in [0, 0.1) is 20.8 Å². The van der Waals surface area contributed by atoms with Gasteiger partial charge in [-0.15, -0.1) is 0 Å². The maximum absolute atomic E-state index is 12.6. The molecular formula is C59H72O4. The Labute approximate surface area is 379 Å². The van der Waals surface area contributed by atoms with E-state index in [0.29, 0.717) is 30.1 Å². The Kier molecular flexibility index (Phi) is 13.4. The molecule has 0 amide bonds. The summed E-state index contributed by atoms with van der Waals surface area (Å²) in [5.74, 6) is 1.88. The van der Waals surface area contributed by atoms with Crippen molar-refractivity contribution in [2.24, 2.45) is 0 Å². The second-order valence-corrected chi connectivity index (χ2v) is 21.9. The van der Waals surface area contributed by atoms with Crippen LogP contribution in [0.25, 0.3) is 44.5 Å². The number of phenolic OH excluding ortho intramolecular Hbond substituents is 2. The van der Waals surface area contributed by atoms with Gasteiger partial charge in [0, 0.05) is 33.4 Å². The van der Waals surface area contributed by atoms with E-state index in [4.69, 9.17) is 9.47 Å². The van der Waals surface area contributed by atoms with Gasteiger partial charge in [0.25, 0.3) is 0 Å². The molecule has 0 saturated heterocycles. The van der Waals surface area contributed by atoms with E-state index in [0.717, 1.165) is 68.7 Å². The zero-order valence-corrected chi connectivity index (χ0v) is 40.9. The van der Waals surface area contributed by atoms with Crippen molar-refractivity contribution in [1.29, 1.82) is 0 Å². The van der Waals surface area contributed by atoms with Crippen molar-refractivity contribution < 1.29 is 19.7 Å². The minimum absolute atomic E-state index is 0.0894. The molecule has 0 radical (unpaired) electrons. The molecule has 2 N–H and O–H groups in total. The lowest BCUT2D eigenvalue weighted by molar-refractivity contribution is 0.267. The molecule has 0 heterocycles. The van der Waals surface area contributed by atoms with Gasteiger partial charge in [-0.1, -0.05) is 138 Å². The summed E-state index contributed by atoms with van der Waals surface area (Å²) in [6.45, 7) is 34.1. The first-order valence-electron chi connectivity index (χ1n) is 22.8. The quantitative estimate of drug-likeness (QED) is 0.128. The van der Waals surface area contributed by atoms with Gasteiger partial charge >= 0.3 is 0 Å². The summed E-state index contributed by atoms with van der Waals surface area (Å²) in [4.78, 5) is 0. The fourth-order valence-corrected chi connectivity index (χ4v) is 8.12. The lowest BCUT2D eigenvalue weighted by Crippen LogP contribution is -2.16. The number of phenols is 2. The molecule has 4 nitrogen and oxygen atoms in total. The first kappa shape index (κ1) is 47.0. The molecule has 0 atom stereocenters. The molecule has 63 heavy (non-hydrogen) atoms. The van der Waals surface area contributed by atoms with Crippen molar-refractivity contribution in [2.45, 2.75) is 138 Å². The lowest BCUT2D eigenvalue weighted by atomic mass is 9.78. The highest BCUT2D eigenvalue weighted by atomic mass is 16.5. The van der Waals surface area contributed by atoms with Gasteiger partial charge in [0.05, 0.1) is 13.2 Å². The Balaban J connectivity index is 1.55. The first-order chi connectivity index (χ1) is 29.3. The Hall–Kier alpha value is -5.48. The second kappa shape index (κ2) is 17.9. The third kappa shape index (κ3) is 11.0. The molecule has 0 spiro atoms. The largest absolute Gasteiger partial charge is 0.507 e. The van der Waals surface area contributed by atoms with Gasteiger partial charge < -0.3 is 19.7 Å². The fourth-order valence-electron chi connectivity index (χ4n) is 8.12. The van der Waals surface area contributed by atoms with Crippen LogP contribution >= 0.6 is 0 Å². The fraction of sp³-hybridized carbons (Fsp3) is 0.390. The molecule has 4 heteroatoms. The normalized spacial score (nSPS) is 12.4. The summed E-state index contributed by atoms with van der Waals surface area (Å²) in [6, 6.07) is 36.0. The zero-order valence-electron chi connectivity index (χ0n) is 40.9. The number of para-hydroxylation sites is 1. The Morgan fingerprint density at radius 1 is 0.381 bits per heavy atom. The third-order valence-electron chi connectivity index (χ3n) is 12.1. The molecule has 0 aromatic heterocycles. The minimum Gasteiger partial charge on any atom is -0.507 e. The van der Waals surface area contributed by atoms with Crippen molar-refractivity contribution in [3.8, 4) is 67.5 Å². The zero-order chi connectivity index (χ0) is 46.2. The van der Waals surface area contributed by atoms with Crippen LogP contribution in [0.3, 0.4) is 0 Å². The molecule has 0 fully saturated rings. The van der Waals surface area contributed by atoms with Gasteiger partial charge in [0.1, 0.15) is 23.0 Å². The van der Waals surface area contributed by atoms with Crippen molar-refractivity contribution >= 4 is 0 Å². The number of aromatic hydroxyl groups is 2. The highest BCUT2D eigenvalue weighted by Crippen LogP contribution is 2.51. The van der Waals surface area contributed by atoms with Crippen molar-refractivity contribution in [1.82, 2.24) is 0 Å². The summed E-state index contributed by atoms with van der Waals surface area (Å²) < 4.78 is 13.0. The summed E-state index contributed by atoms with van der Waals surface area (Å²) in [7, 11) is 0. The van der Waals surface area contributed by atoms with E-state index in [9.17, 15) is 10.2 Å². The second-order valence-electron chi connectivity index (χ2n) is 21.9. The van der Waals surface area contributed by atoms with Gasteiger partial charge in [0.2, 0.25) is 0 Å². The van der Waals surface area contributed by atoms with Crippen LogP contribution in [-0.2, 0) is 21.7 Å². The van der Waals surface area contributed by atoms with Crippen LogP contribution in [0.2, 0.25) is 0 Å².